The average Bonchev–Trinajstić information content (AvgIpc) is 2.07. The molecule has 1 rings (SSSR count). The van der Waals surface area contributed by atoms with Gasteiger partial charge in [0.15, 0.2) is 0 Å². The van der Waals surface area contributed by atoms with Crippen LogP contribution in [-0.2, 0) is 6.61 Å². The molecule has 0 unspecified atom stereocenters. The molecule has 0 saturated heterocycles. The zero-order valence-electron chi connectivity index (χ0n) is 6.89. The van der Waals surface area contributed by atoms with Gasteiger partial charge in [0.25, 0.3) is 6.43 Å². The quantitative estimate of drug-likeness (QED) is 0.725. The van der Waals surface area contributed by atoms with E-state index in [0.717, 1.165) is 0 Å². The molecule has 0 amide bonds. The second-order valence-corrected chi connectivity index (χ2v) is 2.60. The summed E-state index contributed by atoms with van der Waals surface area (Å²) in [6.45, 7) is 0.857. The number of aliphatic hydroxyl groups is 1. The van der Waals surface area contributed by atoms with Gasteiger partial charge in [-0.05, 0) is 18.6 Å². The van der Waals surface area contributed by atoms with Crippen molar-refractivity contribution in [3.63, 3.8) is 0 Å². The van der Waals surface area contributed by atoms with Gasteiger partial charge in [0.1, 0.15) is 5.69 Å². The van der Waals surface area contributed by atoms with E-state index in [4.69, 9.17) is 5.11 Å². The van der Waals surface area contributed by atoms with Crippen molar-refractivity contribution in [1.82, 2.24) is 4.98 Å². The SMILES string of the molecule is Cc1cc(CO)c(F)nc1C(F)F. The van der Waals surface area contributed by atoms with E-state index in [-0.39, 0.29) is 11.1 Å². The summed E-state index contributed by atoms with van der Waals surface area (Å²) in [5, 5.41) is 8.60. The molecule has 13 heavy (non-hydrogen) atoms. The molecule has 1 aromatic heterocycles. The molecule has 72 valence electrons. The molecule has 0 aromatic carbocycles. The number of nitrogens with zero attached hydrogens (tertiary/aromatic N) is 1. The minimum atomic E-state index is -2.79. The maximum atomic E-state index is 12.8. The Morgan fingerprint density at radius 2 is 2.15 bits per heavy atom. The second-order valence-electron chi connectivity index (χ2n) is 2.60. The van der Waals surface area contributed by atoms with Gasteiger partial charge in [-0.15, -0.1) is 0 Å². The molecule has 0 aliphatic carbocycles. The van der Waals surface area contributed by atoms with Crippen molar-refractivity contribution in [3.05, 3.63) is 28.8 Å². The van der Waals surface area contributed by atoms with Crippen LogP contribution < -0.4 is 0 Å². The highest BCUT2D eigenvalue weighted by atomic mass is 19.3. The van der Waals surface area contributed by atoms with Crippen LogP contribution in [0.4, 0.5) is 13.2 Å². The van der Waals surface area contributed by atoms with E-state index in [1.807, 2.05) is 0 Å². The molecule has 0 bridgehead atoms. The molecular weight excluding hydrogens is 183 g/mol. The van der Waals surface area contributed by atoms with Gasteiger partial charge >= 0.3 is 0 Å². The van der Waals surface area contributed by atoms with Crippen LogP contribution in [0.25, 0.3) is 0 Å². The molecule has 0 aliphatic heterocycles. The number of hydrogen-bond acceptors (Lipinski definition) is 2. The number of rotatable bonds is 2. The van der Waals surface area contributed by atoms with Gasteiger partial charge in [0.05, 0.1) is 6.61 Å². The number of alkyl halides is 2. The number of pyridine rings is 1. The van der Waals surface area contributed by atoms with Gasteiger partial charge in [0.2, 0.25) is 5.95 Å². The van der Waals surface area contributed by atoms with Crippen LogP contribution >= 0.6 is 0 Å². The maximum absolute atomic E-state index is 12.8. The predicted octanol–water partition coefficient (Wildman–Crippen LogP) is 1.96. The van der Waals surface area contributed by atoms with Crippen molar-refractivity contribution in [2.24, 2.45) is 0 Å². The number of halogens is 3. The fourth-order valence-corrected chi connectivity index (χ4v) is 0.992. The second kappa shape index (κ2) is 3.74. The van der Waals surface area contributed by atoms with Crippen molar-refractivity contribution in [3.8, 4) is 0 Å². The van der Waals surface area contributed by atoms with Crippen LogP contribution in [0.1, 0.15) is 23.2 Å². The predicted molar refractivity (Wildman–Crippen MR) is 39.8 cm³/mol. The molecule has 0 spiro atoms. The van der Waals surface area contributed by atoms with E-state index in [2.05, 4.69) is 4.98 Å². The lowest BCUT2D eigenvalue weighted by molar-refractivity contribution is 0.143. The Balaban J connectivity index is 3.20. The molecule has 1 N–H and O–H groups in total. The standard InChI is InChI=1S/C8H8F3NO/c1-4-2-5(3-13)8(11)12-6(4)7(9)10/h2,7,13H,3H2,1H3. The highest BCUT2D eigenvalue weighted by molar-refractivity contribution is 5.25. The van der Waals surface area contributed by atoms with E-state index < -0.39 is 24.7 Å². The maximum Gasteiger partial charge on any atom is 0.280 e. The number of hydrogen-bond donors (Lipinski definition) is 1. The highest BCUT2D eigenvalue weighted by Gasteiger charge is 2.15. The molecule has 0 fully saturated rings. The van der Waals surface area contributed by atoms with Crippen LogP contribution in [0.3, 0.4) is 0 Å². The third-order valence-corrected chi connectivity index (χ3v) is 1.66. The number of aliphatic hydroxyl groups excluding tert-OH is 1. The fraction of sp³-hybridized carbons (Fsp3) is 0.375. The topological polar surface area (TPSA) is 33.1 Å². The molecule has 2 nitrogen and oxygen atoms in total. The fourth-order valence-electron chi connectivity index (χ4n) is 0.992. The van der Waals surface area contributed by atoms with Crippen molar-refractivity contribution < 1.29 is 18.3 Å². The summed E-state index contributed by atoms with van der Waals surface area (Å²) in [5.41, 5.74) is -0.461. The lowest BCUT2D eigenvalue weighted by Crippen LogP contribution is -2.02. The zero-order valence-corrected chi connectivity index (χ0v) is 6.89. The van der Waals surface area contributed by atoms with Crippen LogP contribution in [0.5, 0.6) is 0 Å². The van der Waals surface area contributed by atoms with Gasteiger partial charge in [-0.3, -0.25) is 0 Å². The first-order valence-corrected chi connectivity index (χ1v) is 3.61. The largest absolute Gasteiger partial charge is 0.392 e. The lowest BCUT2D eigenvalue weighted by Gasteiger charge is -2.06. The van der Waals surface area contributed by atoms with Gasteiger partial charge in [-0.2, -0.15) is 4.39 Å². The Hall–Kier alpha value is -1.10. The van der Waals surface area contributed by atoms with Crippen molar-refractivity contribution in [1.29, 1.82) is 0 Å². The van der Waals surface area contributed by atoms with Crippen molar-refractivity contribution in [2.75, 3.05) is 0 Å². The summed E-state index contributed by atoms with van der Waals surface area (Å²) in [5.74, 6) is -1.04. The Bertz CT molecular complexity index is 315. The average molecular weight is 191 g/mol. The molecule has 0 radical (unpaired) electrons. The van der Waals surface area contributed by atoms with Gasteiger partial charge in [-0.1, -0.05) is 0 Å². The summed E-state index contributed by atoms with van der Waals surface area (Å²) in [6.07, 6.45) is -2.79. The van der Waals surface area contributed by atoms with E-state index in [9.17, 15) is 13.2 Å². The first-order valence-electron chi connectivity index (χ1n) is 3.61. The minimum absolute atomic E-state index is 0.0677. The molecule has 0 saturated carbocycles. The van der Waals surface area contributed by atoms with E-state index in [1.54, 1.807) is 0 Å². The summed E-state index contributed by atoms with van der Waals surface area (Å²) in [7, 11) is 0. The summed E-state index contributed by atoms with van der Waals surface area (Å²) >= 11 is 0. The summed E-state index contributed by atoms with van der Waals surface area (Å²) < 4.78 is 37.1. The van der Waals surface area contributed by atoms with Crippen LogP contribution in [0.15, 0.2) is 6.07 Å². The lowest BCUT2D eigenvalue weighted by atomic mass is 10.1. The summed E-state index contributed by atoms with van der Waals surface area (Å²) in [4.78, 5) is 3.07. The highest BCUT2D eigenvalue weighted by Crippen LogP contribution is 2.22. The molecule has 0 aliphatic rings. The molecule has 5 heteroatoms. The minimum Gasteiger partial charge on any atom is -0.392 e. The third-order valence-electron chi connectivity index (χ3n) is 1.66. The van der Waals surface area contributed by atoms with Crippen molar-refractivity contribution >= 4 is 0 Å². The van der Waals surface area contributed by atoms with Gasteiger partial charge in [0, 0.05) is 5.56 Å². The zero-order chi connectivity index (χ0) is 10.0. The van der Waals surface area contributed by atoms with E-state index in [0.29, 0.717) is 0 Å². The molecule has 0 atom stereocenters. The first-order chi connectivity index (χ1) is 6.06. The van der Waals surface area contributed by atoms with E-state index in [1.165, 1.54) is 13.0 Å². The Morgan fingerprint density at radius 3 is 2.62 bits per heavy atom. The molecule has 1 heterocycles. The monoisotopic (exact) mass is 191 g/mol. The van der Waals surface area contributed by atoms with Gasteiger partial charge < -0.3 is 5.11 Å². The first kappa shape index (κ1) is 9.98. The Morgan fingerprint density at radius 1 is 1.54 bits per heavy atom. The number of aryl methyl sites for hydroxylation is 1. The number of aromatic nitrogens is 1. The molecular formula is C8H8F3NO. The van der Waals surface area contributed by atoms with Gasteiger partial charge in [-0.25, -0.2) is 13.8 Å². The van der Waals surface area contributed by atoms with Crippen molar-refractivity contribution in [2.45, 2.75) is 20.0 Å². The third kappa shape index (κ3) is 1.98. The Kier molecular flexibility index (Phi) is 2.87. The summed E-state index contributed by atoms with van der Waals surface area (Å²) in [6, 6.07) is 1.17. The normalized spacial score (nSPS) is 10.9. The van der Waals surface area contributed by atoms with Crippen LogP contribution in [0, 0.1) is 12.9 Å². The van der Waals surface area contributed by atoms with E-state index >= 15 is 0 Å². The van der Waals surface area contributed by atoms with Crippen LogP contribution in [0.2, 0.25) is 0 Å². The Labute approximate surface area is 73.0 Å². The van der Waals surface area contributed by atoms with Crippen LogP contribution in [-0.4, -0.2) is 10.1 Å². The smallest absolute Gasteiger partial charge is 0.280 e. The molecule has 1 aromatic rings.